The first kappa shape index (κ1) is 25.1. The molecule has 1 aliphatic carbocycles. The van der Waals surface area contributed by atoms with E-state index in [2.05, 4.69) is 29.9 Å². The molecule has 1 aromatic rings. The smallest absolute Gasteiger partial charge is 0.259 e. The number of rotatable bonds is 7. The van der Waals surface area contributed by atoms with Gasteiger partial charge in [-0.1, -0.05) is 13.0 Å². The first-order chi connectivity index (χ1) is 16.5. The third kappa shape index (κ3) is 5.99. The average Bonchev–Trinajstić information content (AvgIpc) is 2.86. The quantitative estimate of drug-likeness (QED) is 0.655. The van der Waals surface area contributed by atoms with Crippen LogP contribution in [0.2, 0.25) is 0 Å². The fourth-order valence-electron chi connectivity index (χ4n) is 5.35. The number of aromatic nitrogens is 1. The normalized spacial score (nSPS) is 25.3. The Morgan fingerprint density at radius 3 is 2.76 bits per heavy atom. The lowest BCUT2D eigenvalue weighted by Crippen LogP contribution is -2.50. The summed E-state index contributed by atoms with van der Waals surface area (Å²) in [6, 6.07) is 1.69. The van der Waals surface area contributed by atoms with Gasteiger partial charge in [0.15, 0.2) is 0 Å². The summed E-state index contributed by atoms with van der Waals surface area (Å²) in [4.78, 5) is 22.4. The lowest BCUT2D eigenvalue weighted by molar-refractivity contribution is 0.0254. The van der Waals surface area contributed by atoms with Crippen LogP contribution in [0.5, 0.6) is 5.88 Å². The Morgan fingerprint density at radius 1 is 1.26 bits per heavy atom. The number of ether oxygens (including phenoxy) is 2. The fraction of sp³-hybridized carbons (Fsp3) is 0.704. The van der Waals surface area contributed by atoms with Gasteiger partial charge >= 0.3 is 0 Å². The predicted octanol–water partition coefficient (Wildman–Crippen LogP) is 3.62. The molecule has 1 aromatic heterocycles. The van der Waals surface area contributed by atoms with Crippen molar-refractivity contribution in [3.05, 3.63) is 29.5 Å². The Kier molecular flexibility index (Phi) is 8.61. The minimum Gasteiger partial charge on any atom is -0.472 e. The lowest BCUT2D eigenvalue weighted by Gasteiger charge is -2.38. The predicted molar refractivity (Wildman–Crippen MR) is 133 cm³/mol. The standard InChI is InChI=1S/C27H41N3O4/c1-19-15-30(20(2)18-31)27(32)24-13-23(22-7-5-4-6-8-22)14-28-26(24)34-25(19)17-29(3)16-21-9-11-33-12-10-21/h7,13-14,19-21,25,31H,4-6,8-12,15-18H2,1-3H3/t19-,20-,25-/m0/s1. The highest BCUT2D eigenvalue weighted by molar-refractivity contribution is 5.97. The summed E-state index contributed by atoms with van der Waals surface area (Å²) in [5, 5.41) is 9.88. The Balaban J connectivity index is 1.59. The number of carbonyl (C=O) groups excluding carboxylic acids is 1. The summed E-state index contributed by atoms with van der Waals surface area (Å²) in [5.41, 5.74) is 2.78. The van der Waals surface area contributed by atoms with E-state index in [4.69, 9.17) is 9.47 Å². The third-order valence-corrected chi connectivity index (χ3v) is 7.59. The highest BCUT2D eigenvalue weighted by Crippen LogP contribution is 2.32. The zero-order valence-electron chi connectivity index (χ0n) is 21.0. The zero-order valence-corrected chi connectivity index (χ0v) is 21.0. The van der Waals surface area contributed by atoms with Gasteiger partial charge in [0.1, 0.15) is 11.7 Å². The van der Waals surface area contributed by atoms with Crippen molar-refractivity contribution in [1.29, 1.82) is 0 Å². The molecular weight excluding hydrogens is 430 g/mol. The molecule has 7 nitrogen and oxygen atoms in total. The van der Waals surface area contributed by atoms with Crippen LogP contribution < -0.4 is 4.74 Å². The minimum atomic E-state index is -0.265. The van der Waals surface area contributed by atoms with Gasteiger partial charge < -0.3 is 24.4 Å². The number of hydrogen-bond donors (Lipinski definition) is 1. The molecule has 0 spiro atoms. The maximum absolute atomic E-state index is 13.6. The van der Waals surface area contributed by atoms with Crippen LogP contribution in [0, 0.1) is 11.8 Å². The van der Waals surface area contributed by atoms with Crippen LogP contribution in [0.3, 0.4) is 0 Å². The molecule has 188 valence electrons. The molecule has 7 heteroatoms. The van der Waals surface area contributed by atoms with Crippen molar-refractivity contribution in [2.45, 2.75) is 64.5 Å². The van der Waals surface area contributed by atoms with Crippen molar-refractivity contribution in [2.75, 3.05) is 46.5 Å². The number of aliphatic hydroxyl groups excluding tert-OH is 1. The van der Waals surface area contributed by atoms with Crippen molar-refractivity contribution in [1.82, 2.24) is 14.8 Å². The summed E-state index contributed by atoms with van der Waals surface area (Å²) in [6.07, 6.45) is 10.7. The molecule has 0 aromatic carbocycles. The number of nitrogens with zero attached hydrogens (tertiary/aromatic N) is 3. The molecule has 0 unspecified atom stereocenters. The number of fused-ring (bicyclic) bond motifs is 1. The van der Waals surface area contributed by atoms with Gasteiger partial charge in [0.25, 0.3) is 5.91 Å². The molecule has 1 fully saturated rings. The average molecular weight is 472 g/mol. The number of pyridine rings is 1. The van der Waals surface area contributed by atoms with E-state index in [0.29, 0.717) is 23.9 Å². The summed E-state index contributed by atoms with van der Waals surface area (Å²) < 4.78 is 12.0. The van der Waals surface area contributed by atoms with Gasteiger partial charge in [-0.25, -0.2) is 4.98 Å². The van der Waals surface area contributed by atoms with Crippen molar-refractivity contribution in [3.63, 3.8) is 0 Å². The van der Waals surface area contributed by atoms with Gasteiger partial charge in [-0.05, 0) is 75.6 Å². The molecule has 0 saturated carbocycles. The van der Waals surface area contributed by atoms with E-state index in [1.165, 1.54) is 18.4 Å². The van der Waals surface area contributed by atoms with Crippen LogP contribution in [0.1, 0.15) is 68.3 Å². The number of likely N-dealkylation sites (N-methyl/N-ethyl adjacent to an activating group) is 1. The van der Waals surface area contributed by atoms with Gasteiger partial charge in [0.05, 0.1) is 12.6 Å². The molecule has 1 amide bonds. The summed E-state index contributed by atoms with van der Waals surface area (Å²) in [7, 11) is 2.15. The van der Waals surface area contributed by atoms with Crippen molar-refractivity contribution in [2.24, 2.45) is 11.8 Å². The number of carbonyl (C=O) groups is 1. The number of hydrogen-bond acceptors (Lipinski definition) is 6. The van der Waals surface area contributed by atoms with Gasteiger partial charge in [0, 0.05) is 45.0 Å². The molecule has 3 heterocycles. The maximum atomic E-state index is 13.6. The van der Waals surface area contributed by atoms with Crippen LogP contribution in [0.4, 0.5) is 0 Å². The van der Waals surface area contributed by atoms with Gasteiger partial charge in [-0.2, -0.15) is 0 Å². The Bertz CT molecular complexity index is 867. The van der Waals surface area contributed by atoms with Crippen LogP contribution in [-0.2, 0) is 4.74 Å². The molecule has 2 aliphatic heterocycles. The van der Waals surface area contributed by atoms with Gasteiger partial charge in [0.2, 0.25) is 5.88 Å². The Morgan fingerprint density at radius 2 is 2.06 bits per heavy atom. The molecule has 1 saturated heterocycles. The topological polar surface area (TPSA) is 75.1 Å². The lowest BCUT2D eigenvalue weighted by atomic mass is 9.93. The van der Waals surface area contributed by atoms with Crippen LogP contribution in [0.25, 0.3) is 5.57 Å². The molecule has 0 radical (unpaired) electrons. The highest BCUT2D eigenvalue weighted by atomic mass is 16.5. The molecule has 1 N–H and O–H groups in total. The van der Waals surface area contributed by atoms with E-state index in [0.717, 1.165) is 57.6 Å². The second kappa shape index (κ2) is 11.6. The molecule has 4 rings (SSSR count). The second-order valence-electron chi connectivity index (χ2n) is 10.5. The van der Waals surface area contributed by atoms with Gasteiger partial charge in [-0.3, -0.25) is 4.79 Å². The molecular formula is C27H41N3O4. The van der Waals surface area contributed by atoms with Crippen molar-refractivity contribution >= 4 is 11.5 Å². The first-order valence-corrected chi connectivity index (χ1v) is 13.0. The summed E-state index contributed by atoms with van der Waals surface area (Å²) in [6.45, 7) is 7.98. The second-order valence-corrected chi connectivity index (χ2v) is 10.5. The first-order valence-electron chi connectivity index (χ1n) is 13.0. The minimum absolute atomic E-state index is 0.0682. The van der Waals surface area contributed by atoms with Crippen molar-refractivity contribution in [3.8, 4) is 5.88 Å². The highest BCUT2D eigenvalue weighted by Gasteiger charge is 2.34. The van der Waals surface area contributed by atoms with E-state index in [9.17, 15) is 9.90 Å². The molecule has 34 heavy (non-hydrogen) atoms. The van der Waals surface area contributed by atoms with Crippen LogP contribution in [-0.4, -0.2) is 84.4 Å². The largest absolute Gasteiger partial charge is 0.472 e. The van der Waals surface area contributed by atoms with Crippen LogP contribution >= 0.6 is 0 Å². The molecule has 3 aliphatic rings. The fourth-order valence-corrected chi connectivity index (χ4v) is 5.35. The van der Waals surface area contributed by atoms with E-state index in [1.54, 1.807) is 4.90 Å². The number of aliphatic hydroxyl groups is 1. The van der Waals surface area contributed by atoms with Crippen molar-refractivity contribution < 1.29 is 19.4 Å². The van der Waals surface area contributed by atoms with E-state index in [-0.39, 0.29) is 30.6 Å². The maximum Gasteiger partial charge on any atom is 0.259 e. The summed E-state index contributed by atoms with van der Waals surface area (Å²) in [5.74, 6) is 1.05. The Hall–Kier alpha value is -1.96. The summed E-state index contributed by atoms with van der Waals surface area (Å²) >= 11 is 0. The zero-order chi connectivity index (χ0) is 24.1. The third-order valence-electron chi connectivity index (χ3n) is 7.59. The Labute approximate surface area is 204 Å². The molecule has 3 atom stereocenters. The van der Waals surface area contributed by atoms with E-state index in [1.807, 2.05) is 19.2 Å². The van der Waals surface area contributed by atoms with Gasteiger partial charge in [-0.15, -0.1) is 0 Å². The van der Waals surface area contributed by atoms with E-state index < -0.39 is 0 Å². The number of amides is 1. The SMILES string of the molecule is C[C@H]1CN([C@@H](C)CO)C(=O)c2cc(C3=CCCCC3)cnc2O[C@H]1CN(C)CC1CCOCC1. The molecule has 0 bridgehead atoms. The number of allylic oxidation sites excluding steroid dienone is 2. The monoisotopic (exact) mass is 471 g/mol. The van der Waals surface area contributed by atoms with E-state index >= 15 is 0 Å². The van der Waals surface area contributed by atoms with Crippen LogP contribution in [0.15, 0.2) is 18.3 Å².